The van der Waals surface area contributed by atoms with Gasteiger partial charge in [-0.25, -0.2) is 0 Å². The molecule has 0 aliphatic heterocycles. The van der Waals surface area contributed by atoms with Gasteiger partial charge in [-0.05, 0) is 61.8 Å². The van der Waals surface area contributed by atoms with Crippen molar-refractivity contribution in [1.82, 2.24) is 0 Å². The zero-order chi connectivity index (χ0) is 21.1. The maximum Gasteiger partial charge on any atom is 0.0810 e. The lowest BCUT2D eigenvalue weighted by Gasteiger charge is -2.27. The minimum Gasteiger partial charge on any atom is -0.113 e. The maximum absolute atomic E-state index is 7.09. The molecule has 4 rings (SSSR count). The molecule has 0 fully saturated rings. The lowest BCUT2D eigenvalue weighted by molar-refractivity contribution is 0.560. The molecule has 2 aromatic carbocycles. The van der Waals surface area contributed by atoms with E-state index in [0.29, 0.717) is 0 Å². The molecule has 0 amide bonds. The molecule has 0 heterocycles. The van der Waals surface area contributed by atoms with Gasteiger partial charge in [-0.3, -0.25) is 0 Å². The van der Waals surface area contributed by atoms with Gasteiger partial charge in [0.05, 0.1) is 10.8 Å². The Morgan fingerprint density at radius 3 is 1.31 bits per heavy atom. The van der Waals surface area contributed by atoms with Gasteiger partial charge in [-0.2, -0.15) is 0 Å². The number of halogens is 2. The van der Waals surface area contributed by atoms with E-state index in [1.54, 1.807) is 0 Å². The SMILES string of the molecule is CC(C)(C)C1=C(CC2=C(C(C)(C)C)c3ccccc3C2Cl)C(Cl)c2ccccc21. The molecule has 29 heavy (non-hydrogen) atoms. The summed E-state index contributed by atoms with van der Waals surface area (Å²) in [5.41, 5.74) is 10.5. The van der Waals surface area contributed by atoms with Crippen molar-refractivity contribution in [3.63, 3.8) is 0 Å². The lowest BCUT2D eigenvalue weighted by atomic mass is 9.78. The van der Waals surface area contributed by atoms with Crippen LogP contribution in [0.25, 0.3) is 11.1 Å². The molecular weight excluding hydrogens is 395 g/mol. The minimum atomic E-state index is -0.0956. The van der Waals surface area contributed by atoms with Gasteiger partial charge < -0.3 is 0 Å². The van der Waals surface area contributed by atoms with Crippen molar-refractivity contribution < 1.29 is 0 Å². The van der Waals surface area contributed by atoms with Crippen LogP contribution in [0.4, 0.5) is 0 Å². The highest BCUT2D eigenvalue weighted by molar-refractivity contribution is 6.26. The first-order valence-electron chi connectivity index (χ1n) is 10.5. The Morgan fingerprint density at radius 2 is 0.966 bits per heavy atom. The average Bonchev–Trinajstić information content (AvgIpc) is 3.08. The van der Waals surface area contributed by atoms with E-state index in [-0.39, 0.29) is 21.6 Å². The fourth-order valence-corrected chi connectivity index (χ4v) is 5.95. The van der Waals surface area contributed by atoms with Crippen LogP contribution in [0.15, 0.2) is 59.7 Å². The quantitative estimate of drug-likeness (QED) is 0.421. The third-order valence-electron chi connectivity index (χ3n) is 6.14. The van der Waals surface area contributed by atoms with Gasteiger partial charge in [-0.1, -0.05) is 90.1 Å². The molecule has 0 radical (unpaired) electrons. The van der Waals surface area contributed by atoms with E-state index < -0.39 is 0 Å². The third-order valence-corrected chi connectivity index (χ3v) is 7.14. The van der Waals surface area contributed by atoms with E-state index >= 15 is 0 Å². The molecule has 0 nitrogen and oxygen atoms in total. The highest BCUT2D eigenvalue weighted by Crippen LogP contribution is 2.58. The smallest absolute Gasteiger partial charge is 0.0810 e. The summed E-state index contributed by atoms with van der Waals surface area (Å²) in [6.07, 6.45) is 0.824. The number of benzene rings is 2. The van der Waals surface area contributed by atoms with Gasteiger partial charge in [0.25, 0.3) is 0 Å². The Kier molecular flexibility index (Phi) is 5.03. The zero-order valence-electron chi connectivity index (χ0n) is 18.2. The summed E-state index contributed by atoms with van der Waals surface area (Å²) in [7, 11) is 0. The molecule has 0 N–H and O–H groups in total. The van der Waals surface area contributed by atoms with Crippen molar-refractivity contribution >= 4 is 34.3 Å². The Labute approximate surface area is 185 Å². The minimum absolute atomic E-state index is 0.0186. The van der Waals surface area contributed by atoms with E-state index in [2.05, 4.69) is 90.1 Å². The highest BCUT2D eigenvalue weighted by atomic mass is 35.5. The van der Waals surface area contributed by atoms with E-state index in [4.69, 9.17) is 23.2 Å². The van der Waals surface area contributed by atoms with Crippen LogP contribution in [0, 0.1) is 10.8 Å². The summed E-state index contributed by atoms with van der Waals surface area (Å²) >= 11 is 14.2. The molecular formula is C27H30Cl2. The molecule has 0 spiro atoms. The Morgan fingerprint density at radius 1 is 0.621 bits per heavy atom. The highest BCUT2D eigenvalue weighted by Gasteiger charge is 2.40. The van der Waals surface area contributed by atoms with Crippen molar-refractivity contribution in [3.05, 3.63) is 81.9 Å². The first kappa shape index (κ1) is 20.8. The topological polar surface area (TPSA) is 0 Å². The lowest BCUT2D eigenvalue weighted by Crippen LogP contribution is -2.11. The summed E-state index contributed by atoms with van der Waals surface area (Å²) in [6.45, 7) is 13.7. The monoisotopic (exact) mass is 424 g/mol. The van der Waals surface area contributed by atoms with Gasteiger partial charge in [0, 0.05) is 0 Å². The molecule has 0 saturated carbocycles. The number of alkyl halides is 2. The molecule has 152 valence electrons. The second kappa shape index (κ2) is 7.03. The fourth-order valence-electron chi connectivity index (χ4n) is 5.20. The molecule has 0 bridgehead atoms. The second-order valence-corrected chi connectivity index (χ2v) is 11.2. The largest absolute Gasteiger partial charge is 0.113 e. The van der Waals surface area contributed by atoms with Crippen LogP contribution >= 0.6 is 23.2 Å². The summed E-state index contributed by atoms with van der Waals surface area (Å²) in [6, 6.07) is 17.2. The number of hydrogen-bond donors (Lipinski definition) is 0. The van der Waals surface area contributed by atoms with Crippen LogP contribution in [0.5, 0.6) is 0 Å². The zero-order valence-corrected chi connectivity index (χ0v) is 19.7. The normalized spacial score (nSPS) is 21.7. The predicted molar refractivity (Wildman–Crippen MR) is 127 cm³/mol. The summed E-state index contributed by atoms with van der Waals surface area (Å²) < 4.78 is 0. The molecule has 2 aliphatic carbocycles. The first-order valence-corrected chi connectivity index (χ1v) is 11.3. The molecule has 2 unspecified atom stereocenters. The standard InChI is InChI=1S/C27H30Cl2/c1-26(2,3)22-16-11-7-9-13-18(16)24(28)20(22)15-21-23(27(4,5)6)17-12-8-10-14-19(17)25(21)29/h7-14,24-25H,15H2,1-6H3. The molecule has 2 atom stereocenters. The van der Waals surface area contributed by atoms with Crippen molar-refractivity contribution in [2.24, 2.45) is 10.8 Å². The van der Waals surface area contributed by atoms with Gasteiger partial charge in [0.2, 0.25) is 0 Å². The summed E-state index contributed by atoms with van der Waals surface area (Å²) in [5, 5.41) is -0.191. The number of hydrogen-bond acceptors (Lipinski definition) is 0. The van der Waals surface area contributed by atoms with Crippen LogP contribution in [-0.4, -0.2) is 0 Å². The third kappa shape index (κ3) is 3.39. The van der Waals surface area contributed by atoms with Gasteiger partial charge in [0.15, 0.2) is 0 Å². The van der Waals surface area contributed by atoms with Crippen molar-refractivity contribution in [3.8, 4) is 0 Å². The molecule has 0 aromatic heterocycles. The van der Waals surface area contributed by atoms with Crippen LogP contribution < -0.4 is 0 Å². The van der Waals surface area contributed by atoms with Gasteiger partial charge in [-0.15, -0.1) is 23.2 Å². The van der Waals surface area contributed by atoms with Gasteiger partial charge in [0.1, 0.15) is 0 Å². The fraction of sp³-hybridized carbons (Fsp3) is 0.407. The van der Waals surface area contributed by atoms with Crippen LogP contribution in [-0.2, 0) is 0 Å². The Balaban J connectivity index is 1.90. The second-order valence-electron chi connectivity index (χ2n) is 10.4. The summed E-state index contributed by atoms with van der Waals surface area (Å²) in [4.78, 5) is 0. The van der Waals surface area contributed by atoms with Crippen LogP contribution in [0.2, 0.25) is 0 Å². The molecule has 2 aliphatic rings. The van der Waals surface area contributed by atoms with Crippen LogP contribution in [0.1, 0.15) is 81.0 Å². The van der Waals surface area contributed by atoms with Crippen molar-refractivity contribution in [2.75, 3.05) is 0 Å². The molecule has 2 aromatic rings. The maximum atomic E-state index is 7.09. The van der Waals surface area contributed by atoms with Crippen molar-refractivity contribution in [2.45, 2.75) is 58.7 Å². The average molecular weight is 425 g/mol. The first-order chi connectivity index (χ1) is 13.5. The van der Waals surface area contributed by atoms with Gasteiger partial charge >= 0.3 is 0 Å². The van der Waals surface area contributed by atoms with Crippen molar-refractivity contribution in [1.29, 1.82) is 0 Å². The Bertz CT molecular complexity index is 941. The van der Waals surface area contributed by atoms with E-state index in [1.165, 1.54) is 44.5 Å². The van der Waals surface area contributed by atoms with E-state index in [9.17, 15) is 0 Å². The van der Waals surface area contributed by atoms with E-state index in [0.717, 1.165) is 6.42 Å². The summed E-state index contributed by atoms with van der Waals surface area (Å²) in [5.74, 6) is 0. The Hall–Kier alpha value is -1.50. The van der Waals surface area contributed by atoms with E-state index in [1.807, 2.05) is 0 Å². The van der Waals surface area contributed by atoms with Crippen LogP contribution in [0.3, 0.4) is 0 Å². The number of allylic oxidation sites excluding steroid dienone is 4. The predicted octanol–water partition coefficient (Wildman–Crippen LogP) is 8.96. The molecule has 0 saturated heterocycles. The molecule has 2 heteroatoms. The number of rotatable bonds is 2. The number of fused-ring (bicyclic) bond motifs is 2.